The predicted octanol–water partition coefficient (Wildman–Crippen LogP) is -7.33. The number of hydrogen-bond acceptors (Lipinski definition) is 2. The first-order valence-electron chi connectivity index (χ1n) is 3.09. The van der Waals surface area contributed by atoms with Gasteiger partial charge < -0.3 is 10.0 Å². The summed E-state index contributed by atoms with van der Waals surface area (Å²) in [5, 5.41) is 20.2. The average Bonchev–Trinajstić information content (AvgIpc) is 2.07. The molecule has 0 spiro atoms. The van der Waals surface area contributed by atoms with Gasteiger partial charge in [0.1, 0.15) is 0 Å². The van der Waals surface area contributed by atoms with Gasteiger partial charge in [-0.3, -0.25) is 0 Å². The molecule has 0 aliphatic heterocycles. The molecule has 0 aliphatic rings. The van der Waals surface area contributed by atoms with Crippen LogP contribution in [0, 0.1) is 23.3 Å². The van der Waals surface area contributed by atoms with E-state index in [2.05, 4.69) is 0 Å². The van der Waals surface area contributed by atoms with Crippen LogP contribution in [0.5, 0.6) is 0 Å². The van der Waals surface area contributed by atoms with E-state index in [0.29, 0.717) is 0 Å². The molecule has 70 valence electrons. The summed E-state index contributed by atoms with van der Waals surface area (Å²) in [4.78, 5) is 0. The Hall–Kier alpha value is 2.20. The van der Waals surface area contributed by atoms with Crippen LogP contribution < -0.4 is 118 Å². The van der Waals surface area contributed by atoms with Crippen LogP contribution in [0.4, 0.5) is 17.6 Å². The maximum atomic E-state index is 12.5. The molecule has 0 saturated carbocycles. The molecule has 0 heterocycles. The second-order valence-electron chi connectivity index (χ2n) is 2.22. The zero-order valence-electron chi connectivity index (χ0n) is 7.98. The van der Waals surface area contributed by atoms with Crippen molar-refractivity contribution < 1.29 is 130 Å². The molecule has 0 fully saturated rings. The Kier molecular flexibility index (Phi) is 10.8. The Morgan fingerprint density at radius 3 is 1.73 bits per heavy atom. The molecule has 0 unspecified atom stereocenters. The molecule has 9 heteroatoms. The maximum absolute atomic E-state index is 12.5. The fourth-order valence-electron chi connectivity index (χ4n) is 0.763. The average molecular weight is 270 g/mol. The monoisotopic (exact) mass is 270 g/mol. The van der Waals surface area contributed by atoms with Crippen LogP contribution >= 0.6 is 0 Å². The Balaban J connectivity index is 0. The van der Waals surface area contributed by atoms with E-state index in [-0.39, 0.29) is 109 Å². The van der Waals surface area contributed by atoms with Crippen molar-refractivity contribution in [3.63, 3.8) is 0 Å². The topological polar surface area (TPSA) is 46.1 Å². The van der Waals surface area contributed by atoms with Crippen LogP contribution in [0.3, 0.4) is 0 Å². The van der Waals surface area contributed by atoms with Crippen molar-refractivity contribution in [3.05, 3.63) is 29.3 Å². The van der Waals surface area contributed by atoms with E-state index >= 15 is 0 Å². The molecule has 15 heavy (non-hydrogen) atoms. The fourth-order valence-corrected chi connectivity index (χ4v) is 0.763. The van der Waals surface area contributed by atoms with Crippen LogP contribution in [-0.4, -0.2) is 7.12 Å². The smallest absolute Gasteiger partial charge is 0.889 e. The summed E-state index contributed by atoms with van der Waals surface area (Å²) in [5.41, 5.74) is -1.27. The van der Waals surface area contributed by atoms with Gasteiger partial charge in [0, 0.05) is 0 Å². The van der Waals surface area contributed by atoms with Crippen molar-refractivity contribution in [2.24, 2.45) is 0 Å². The van der Waals surface area contributed by atoms with E-state index in [1.807, 2.05) is 0 Å². The standard InChI is InChI=1S/C6HBF4O2.2K/c8-3-1-2(7(12)13)4(9)6(11)5(3)10;;/h1H;;/q-2;2*+1. The first kappa shape index (κ1) is 19.5. The molecule has 1 aromatic rings. The first-order chi connectivity index (χ1) is 5.95. The van der Waals surface area contributed by atoms with Gasteiger partial charge in [0.25, 0.3) is 0 Å². The number of benzene rings is 1. The van der Waals surface area contributed by atoms with Gasteiger partial charge in [-0.25, -0.2) is 17.6 Å². The third kappa shape index (κ3) is 4.76. The summed E-state index contributed by atoms with van der Waals surface area (Å²) in [7, 11) is -2.88. The summed E-state index contributed by atoms with van der Waals surface area (Å²) in [5.74, 6) is -7.88. The summed E-state index contributed by atoms with van der Waals surface area (Å²) in [6, 6.07) is 0.0540. The summed E-state index contributed by atoms with van der Waals surface area (Å²) in [6.07, 6.45) is 0. The SMILES string of the molecule is [K+].[K+].[O-]B([O-])c1cc(F)c(F)c(F)c1F. The van der Waals surface area contributed by atoms with Crippen molar-refractivity contribution in [2.75, 3.05) is 0 Å². The minimum atomic E-state index is -2.88. The van der Waals surface area contributed by atoms with Crippen LogP contribution in [-0.2, 0) is 0 Å². The molecule has 1 rings (SSSR count). The zero-order chi connectivity index (χ0) is 10.2. The van der Waals surface area contributed by atoms with E-state index in [9.17, 15) is 27.6 Å². The van der Waals surface area contributed by atoms with Gasteiger partial charge in [0.05, 0.1) is 0 Å². The van der Waals surface area contributed by atoms with Gasteiger partial charge >= 0.3 is 103 Å². The van der Waals surface area contributed by atoms with E-state index in [0.717, 1.165) is 0 Å². The number of rotatable bonds is 1. The van der Waals surface area contributed by atoms with Gasteiger partial charge in [0.2, 0.25) is 0 Å². The Bertz CT molecular complexity index is 350. The first-order valence-corrected chi connectivity index (χ1v) is 3.09. The van der Waals surface area contributed by atoms with E-state index in [1.165, 1.54) is 0 Å². The van der Waals surface area contributed by atoms with Crippen LogP contribution in [0.15, 0.2) is 6.07 Å². The summed E-state index contributed by atoms with van der Waals surface area (Å²) < 4.78 is 49.4. The van der Waals surface area contributed by atoms with Gasteiger partial charge in [-0.1, -0.05) is 12.6 Å². The van der Waals surface area contributed by atoms with Gasteiger partial charge in [-0.2, -0.15) is 0 Å². The fraction of sp³-hybridized carbons (Fsp3) is 0. The molecule has 0 N–H and O–H groups in total. The largest absolute Gasteiger partial charge is 1.00 e. The molecule has 0 bridgehead atoms. The van der Waals surface area contributed by atoms with E-state index in [4.69, 9.17) is 0 Å². The van der Waals surface area contributed by atoms with E-state index < -0.39 is 35.9 Å². The molecule has 0 amide bonds. The minimum Gasteiger partial charge on any atom is -0.889 e. The van der Waals surface area contributed by atoms with Crippen LogP contribution in [0.2, 0.25) is 0 Å². The Morgan fingerprint density at radius 2 is 1.33 bits per heavy atom. The summed E-state index contributed by atoms with van der Waals surface area (Å²) in [6.45, 7) is 0. The molecule has 0 aromatic heterocycles. The van der Waals surface area contributed by atoms with Gasteiger partial charge in [-0.05, 0) is 6.07 Å². The van der Waals surface area contributed by atoms with Gasteiger partial charge in [-0.15, -0.1) is 0 Å². The normalized spacial score (nSPS) is 8.93. The molecule has 0 radical (unpaired) electrons. The molecule has 0 atom stereocenters. The molecule has 0 saturated heterocycles. The van der Waals surface area contributed by atoms with E-state index in [1.54, 1.807) is 0 Å². The zero-order valence-corrected chi connectivity index (χ0v) is 14.2. The van der Waals surface area contributed by atoms with Crippen molar-refractivity contribution in [1.82, 2.24) is 0 Å². The molecule has 1 aromatic carbocycles. The molecular formula is C6HBF4K2O2. The quantitative estimate of drug-likeness (QED) is 0.220. The molecule has 0 aliphatic carbocycles. The number of hydrogen-bond donors (Lipinski definition) is 0. The maximum Gasteiger partial charge on any atom is 1.00 e. The minimum absolute atomic E-state index is 0. The van der Waals surface area contributed by atoms with Crippen molar-refractivity contribution in [3.8, 4) is 0 Å². The van der Waals surface area contributed by atoms with Crippen molar-refractivity contribution in [1.29, 1.82) is 0 Å². The van der Waals surface area contributed by atoms with Crippen LogP contribution in [0.1, 0.15) is 0 Å². The van der Waals surface area contributed by atoms with Crippen LogP contribution in [0.25, 0.3) is 0 Å². The summed E-state index contributed by atoms with van der Waals surface area (Å²) >= 11 is 0. The van der Waals surface area contributed by atoms with Crippen molar-refractivity contribution in [2.45, 2.75) is 0 Å². The second kappa shape index (κ2) is 8.33. The number of halogens is 4. The Labute approximate surface area is 168 Å². The predicted molar refractivity (Wildman–Crippen MR) is 31.7 cm³/mol. The Morgan fingerprint density at radius 1 is 0.867 bits per heavy atom. The van der Waals surface area contributed by atoms with Gasteiger partial charge in [0.15, 0.2) is 23.3 Å². The second-order valence-corrected chi connectivity index (χ2v) is 2.22. The van der Waals surface area contributed by atoms with Crippen molar-refractivity contribution >= 4 is 12.6 Å². The third-order valence-corrected chi connectivity index (χ3v) is 1.38. The molecule has 2 nitrogen and oxygen atoms in total. The molecular weight excluding hydrogens is 269 g/mol. The third-order valence-electron chi connectivity index (χ3n) is 1.38.